The number of non-ortho nitro benzene ring substituents is 1. The number of hydrogen-bond acceptors (Lipinski definition) is 3. The van der Waals surface area contributed by atoms with Crippen LogP contribution < -0.4 is 0 Å². The maximum atomic E-state index is 12.0. The topological polar surface area (TPSA) is 63.5 Å². The summed E-state index contributed by atoms with van der Waals surface area (Å²) in [5.41, 5.74) is 0.763. The van der Waals surface area contributed by atoms with E-state index in [1.165, 1.54) is 12.1 Å². The van der Waals surface area contributed by atoms with Gasteiger partial charge >= 0.3 is 0 Å². The van der Waals surface area contributed by atoms with Gasteiger partial charge in [0.2, 0.25) is 5.91 Å². The molecule has 1 amide bonds. The molecular weight excluding hydrogens is 244 g/mol. The predicted octanol–water partition coefficient (Wildman–Crippen LogP) is 2.01. The highest BCUT2D eigenvalue weighted by Crippen LogP contribution is 2.13. The van der Waals surface area contributed by atoms with E-state index in [2.05, 4.69) is 5.92 Å². The maximum absolute atomic E-state index is 12.0. The molecule has 0 aromatic heterocycles. The second-order valence-electron chi connectivity index (χ2n) is 4.12. The number of nitro benzene ring substituents is 1. The Morgan fingerprint density at radius 3 is 2.53 bits per heavy atom. The van der Waals surface area contributed by atoms with Crippen LogP contribution in [0.5, 0.6) is 0 Å². The highest BCUT2D eigenvalue weighted by molar-refractivity contribution is 5.79. The first-order valence-electron chi connectivity index (χ1n) is 6.03. The molecule has 0 saturated heterocycles. The van der Waals surface area contributed by atoms with E-state index < -0.39 is 4.92 Å². The van der Waals surface area contributed by atoms with Gasteiger partial charge in [0.1, 0.15) is 0 Å². The highest BCUT2D eigenvalue weighted by atomic mass is 16.6. The lowest BCUT2D eigenvalue weighted by Gasteiger charge is -2.19. The molecular formula is C14H16N2O3. The Bertz CT molecular complexity index is 488. The zero-order valence-corrected chi connectivity index (χ0v) is 10.8. The first-order valence-corrected chi connectivity index (χ1v) is 6.03. The van der Waals surface area contributed by atoms with E-state index >= 15 is 0 Å². The van der Waals surface area contributed by atoms with Gasteiger partial charge in [0.15, 0.2) is 0 Å². The molecule has 1 rings (SSSR count). The summed E-state index contributed by atoms with van der Waals surface area (Å²) in [5.74, 6) is 2.40. The van der Waals surface area contributed by atoms with Crippen LogP contribution in [0.25, 0.3) is 0 Å². The standard InChI is InChI=1S/C14H16N2O3/c1-3-9-15(10-4-2)14(17)11-12-5-7-13(8-6-12)16(18)19/h1,5-8H,4,9-11H2,2H3. The quantitative estimate of drug-likeness (QED) is 0.446. The number of nitro groups is 1. The molecule has 0 aliphatic heterocycles. The molecule has 5 nitrogen and oxygen atoms in total. The number of rotatable bonds is 6. The average molecular weight is 260 g/mol. The molecule has 100 valence electrons. The average Bonchev–Trinajstić information content (AvgIpc) is 2.39. The Morgan fingerprint density at radius 1 is 1.42 bits per heavy atom. The van der Waals surface area contributed by atoms with E-state index in [4.69, 9.17) is 6.42 Å². The Kier molecular flexibility index (Phi) is 5.55. The van der Waals surface area contributed by atoms with Gasteiger partial charge in [-0.1, -0.05) is 25.0 Å². The van der Waals surface area contributed by atoms with E-state index in [-0.39, 0.29) is 18.0 Å². The normalized spacial score (nSPS) is 9.68. The first-order chi connectivity index (χ1) is 9.08. The first kappa shape index (κ1) is 14.7. The summed E-state index contributed by atoms with van der Waals surface area (Å²) < 4.78 is 0. The van der Waals surface area contributed by atoms with Crippen LogP contribution in [0.1, 0.15) is 18.9 Å². The van der Waals surface area contributed by atoms with Crippen LogP contribution in [0.15, 0.2) is 24.3 Å². The van der Waals surface area contributed by atoms with Gasteiger partial charge in [-0.15, -0.1) is 6.42 Å². The van der Waals surface area contributed by atoms with E-state index in [9.17, 15) is 14.9 Å². The van der Waals surface area contributed by atoms with Crippen molar-refractivity contribution < 1.29 is 9.72 Å². The molecule has 5 heteroatoms. The van der Waals surface area contributed by atoms with Crippen molar-refractivity contribution in [3.05, 3.63) is 39.9 Å². The number of hydrogen-bond donors (Lipinski definition) is 0. The van der Waals surface area contributed by atoms with Crippen molar-refractivity contribution >= 4 is 11.6 Å². The van der Waals surface area contributed by atoms with E-state index in [1.54, 1.807) is 17.0 Å². The van der Waals surface area contributed by atoms with Gasteiger partial charge in [0, 0.05) is 18.7 Å². The Hall–Kier alpha value is -2.35. The SMILES string of the molecule is C#CCN(CCC)C(=O)Cc1ccc([N+](=O)[O-])cc1. The van der Waals surface area contributed by atoms with Crippen molar-refractivity contribution in [2.75, 3.05) is 13.1 Å². The summed E-state index contributed by atoms with van der Waals surface area (Å²) >= 11 is 0. The number of benzene rings is 1. The van der Waals surface area contributed by atoms with Crippen molar-refractivity contribution in [3.8, 4) is 12.3 Å². The van der Waals surface area contributed by atoms with Gasteiger partial charge in [0.25, 0.3) is 5.69 Å². The van der Waals surface area contributed by atoms with Crippen LogP contribution in [-0.4, -0.2) is 28.8 Å². The fraction of sp³-hybridized carbons (Fsp3) is 0.357. The third kappa shape index (κ3) is 4.43. The Labute approximate surface area is 112 Å². The zero-order valence-electron chi connectivity index (χ0n) is 10.8. The molecule has 0 atom stereocenters. The van der Waals surface area contributed by atoms with Crippen LogP contribution in [0.2, 0.25) is 0 Å². The molecule has 0 bridgehead atoms. The van der Waals surface area contributed by atoms with Crippen LogP contribution in [0.4, 0.5) is 5.69 Å². The summed E-state index contributed by atoms with van der Waals surface area (Å²) in [6, 6.07) is 5.98. The van der Waals surface area contributed by atoms with Crippen molar-refractivity contribution in [1.82, 2.24) is 4.90 Å². The fourth-order valence-corrected chi connectivity index (χ4v) is 1.69. The van der Waals surface area contributed by atoms with Gasteiger partial charge in [-0.3, -0.25) is 14.9 Å². The van der Waals surface area contributed by atoms with Crippen molar-refractivity contribution in [2.24, 2.45) is 0 Å². The van der Waals surface area contributed by atoms with Gasteiger partial charge in [0.05, 0.1) is 17.9 Å². The van der Waals surface area contributed by atoms with Gasteiger partial charge < -0.3 is 4.90 Å². The lowest BCUT2D eigenvalue weighted by atomic mass is 10.1. The minimum absolute atomic E-state index is 0.0187. The number of carbonyl (C=O) groups excluding carboxylic acids is 1. The fourth-order valence-electron chi connectivity index (χ4n) is 1.69. The minimum atomic E-state index is -0.465. The molecule has 0 heterocycles. The second-order valence-corrected chi connectivity index (χ2v) is 4.12. The van der Waals surface area contributed by atoms with Gasteiger partial charge in [-0.05, 0) is 12.0 Å². The number of amides is 1. The summed E-state index contributed by atoms with van der Waals surface area (Å²) in [4.78, 5) is 23.7. The Morgan fingerprint density at radius 2 is 2.05 bits per heavy atom. The third-order valence-electron chi connectivity index (χ3n) is 2.63. The molecule has 1 aromatic carbocycles. The third-order valence-corrected chi connectivity index (χ3v) is 2.63. The van der Waals surface area contributed by atoms with Crippen molar-refractivity contribution in [3.63, 3.8) is 0 Å². The molecule has 0 unspecified atom stereocenters. The Balaban J connectivity index is 2.70. The van der Waals surface area contributed by atoms with E-state index in [1.807, 2.05) is 6.92 Å². The highest BCUT2D eigenvalue weighted by Gasteiger charge is 2.13. The molecule has 0 spiro atoms. The molecule has 0 saturated carbocycles. The number of carbonyl (C=O) groups is 1. The zero-order chi connectivity index (χ0) is 14.3. The smallest absolute Gasteiger partial charge is 0.269 e. The lowest BCUT2D eigenvalue weighted by molar-refractivity contribution is -0.384. The lowest BCUT2D eigenvalue weighted by Crippen LogP contribution is -2.33. The van der Waals surface area contributed by atoms with Crippen LogP contribution in [0, 0.1) is 22.5 Å². The monoisotopic (exact) mass is 260 g/mol. The van der Waals surface area contributed by atoms with Crippen molar-refractivity contribution in [1.29, 1.82) is 0 Å². The van der Waals surface area contributed by atoms with Crippen LogP contribution >= 0.6 is 0 Å². The summed E-state index contributed by atoms with van der Waals surface area (Å²) in [5, 5.41) is 10.5. The molecule has 0 aliphatic carbocycles. The van der Waals surface area contributed by atoms with Gasteiger partial charge in [-0.2, -0.15) is 0 Å². The molecule has 0 aliphatic rings. The second kappa shape index (κ2) is 7.17. The predicted molar refractivity (Wildman–Crippen MR) is 72.5 cm³/mol. The molecule has 0 N–H and O–H groups in total. The number of terminal acetylenes is 1. The molecule has 0 radical (unpaired) electrons. The maximum Gasteiger partial charge on any atom is 0.269 e. The van der Waals surface area contributed by atoms with Crippen LogP contribution in [0.3, 0.4) is 0 Å². The molecule has 19 heavy (non-hydrogen) atoms. The minimum Gasteiger partial charge on any atom is -0.331 e. The summed E-state index contributed by atoms with van der Waals surface area (Å²) in [6.45, 7) is 2.89. The molecule has 0 fully saturated rings. The number of nitrogens with zero attached hydrogens (tertiary/aromatic N) is 2. The van der Waals surface area contributed by atoms with Crippen molar-refractivity contribution in [2.45, 2.75) is 19.8 Å². The summed E-state index contributed by atoms with van der Waals surface area (Å²) in [7, 11) is 0. The van der Waals surface area contributed by atoms with Crippen LogP contribution in [-0.2, 0) is 11.2 Å². The van der Waals surface area contributed by atoms with Gasteiger partial charge in [-0.25, -0.2) is 0 Å². The molecule has 1 aromatic rings. The largest absolute Gasteiger partial charge is 0.331 e. The summed E-state index contributed by atoms with van der Waals surface area (Å²) in [6.07, 6.45) is 6.27. The van der Waals surface area contributed by atoms with E-state index in [0.717, 1.165) is 12.0 Å². The van der Waals surface area contributed by atoms with E-state index in [0.29, 0.717) is 13.1 Å².